The smallest absolute Gasteiger partial charge is 0.414 e. The highest BCUT2D eigenvalue weighted by atomic mass is 19.4. The number of carbonyl (C=O) groups excluding carboxylic acids is 1. The summed E-state index contributed by atoms with van der Waals surface area (Å²) in [6.45, 7) is 3.05. The maximum Gasteiger partial charge on any atom is 0.414 e. The van der Waals surface area contributed by atoms with E-state index in [-0.39, 0.29) is 0 Å². The SMILES string of the molecule is C=C[C@@H](n1ncnc1C(=O)OC)C(F)(F)F. The number of methoxy groups -OCH3 is 1. The Morgan fingerprint density at radius 1 is 1.69 bits per heavy atom. The van der Waals surface area contributed by atoms with Gasteiger partial charge in [-0.1, -0.05) is 6.08 Å². The van der Waals surface area contributed by atoms with Gasteiger partial charge in [0.2, 0.25) is 5.82 Å². The molecule has 0 fully saturated rings. The van der Waals surface area contributed by atoms with Crippen molar-refractivity contribution in [1.82, 2.24) is 14.8 Å². The fraction of sp³-hybridized carbons (Fsp3) is 0.375. The molecule has 1 atom stereocenters. The zero-order chi connectivity index (χ0) is 12.3. The molecule has 0 aliphatic heterocycles. The van der Waals surface area contributed by atoms with Crippen LogP contribution in [0.4, 0.5) is 13.2 Å². The van der Waals surface area contributed by atoms with Crippen molar-refractivity contribution in [2.75, 3.05) is 7.11 Å². The van der Waals surface area contributed by atoms with Gasteiger partial charge in [0, 0.05) is 0 Å². The molecule has 1 heterocycles. The average molecular weight is 235 g/mol. The molecule has 0 bridgehead atoms. The molecule has 0 spiro atoms. The molecule has 1 aromatic heterocycles. The molecular weight excluding hydrogens is 227 g/mol. The van der Waals surface area contributed by atoms with Crippen molar-refractivity contribution in [2.45, 2.75) is 12.2 Å². The summed E-state index contributed by atoms with van der Waals surface area (Å²) in [5.74, 6) is -1.52. The Hall–Kier alpha value is -1.86. The lowest BCUT2D eigenvalue weighted by molar-refractivity contribution is -0.157. The number of ether oxygens (including phenoxy) is 1. The van der Waals surface area contributed by atoms with E-state index in [0.717, 1.165) is 13.4 Å². The third-order valence-corrected chi connectivity index (χ3v) is 1.76. The quantitative estimate of drug-likeness (QED) is 0.586. The lowest BCUT2D eigenvalue weighted by Crippen LogP contribution is -2.28. The van der Waals surface area contributed by atoms with Gasteiger partial charge in [-0.3, -0.25) is 0 Å². The molecule has 0 saturated carbocycles. The number of nitrogens with zero attached hydrogens (tertiary/aromatic N) is 3. The summed E-state index contributed by atoms with van der Waals surface area (Å²) >= 11 is 0. The van der Waals surface area contributed by atoms with Crippen LogP contribution in [-0.2, 0) is 4.74 Å². The maximum atomic E-state index is 12.5. The Morgan fingerprint density at radius 3 is 2.75 bits per heavy atom. The predicted molar refractivity (Wildman–Crippen MR) is 46.7 cm³/mol. The third-order valence-electron chi connectivity index (χ3n) is 1.76. The van der Waals surface area contributed by atoms with Crippen LogP contribution < -0.4 is 0 Å². The fourth-order valence-electron chi connectivity index (χ4n) is 1.06. The highest BCUT2D eigenvalue weighted by Gasteiger charge is 2.41. The number of hydrogen-bond donors (Lipinski definition) is 0. The Bertz CT molecular complexity index is 399. The number of rotatable bonds is 3. The first-order valence-corrected chi connectivity index (χ1v) is 4.09. The molecule has 1 rings (SSSR count). The van der Waals surface area contributed by atoms with Gasteiger partial charge >= 0.3 is 12.1 Å². The highest BCUT2D eigenvalue weighted by molar-refractivity contribution is 5.85. The summed E-state index contributed by atoms with van der Waals surface area (Å²) in [7, 11) is 1.04. The van der Waals surface area contributed by atoms with Crippen LogP contribution in [0.3, 0.4) is 0 Å². The fourth-order valence-corrected chi connectivity index (χ4v) is 1.06. The second kappa shape index (κ2) is 4.33. The van der Waals surface area contributed by atoms with Crippen LogP contribution in [0.2, 0.25) is 0 Å². The largest absolute Gasteiger partial charge is 0.463 e. The summed E-state index contributed by atoms with van der Waals surface area (Å²) in [5, 5.41) is 3.34. The van der Waals surface area contributed by atoms with E-state index in [0.29, 0.717) is 10.8 Å². The van der Waals surface area contributed by atoms with Crippen LogP contribution >= 0.6 is 0 Å². The molecule has 0 unspecified atom stereocenters. The first-order valence-electron chi connectivity index (χ1n) is 4.09. The molecule has 88 valence electrons. The standard InChI is InChI=1S/C8H8F3N3O2/c1-3-5(8(9,10)11)14-6(7(15)16-2)12-4-13-14/h3-5H,1H2,2H3/t5-/m1/s1. The number of esters is 1. The number of carbonyl (C=O) groups is 1. The number of alkyl halides is 3. The third kappa shape index (κ3) is 2.20. The Kier molecular flexibility index (Phi) is 3.31. The second-order valence-electron chi connectivity index (χ2n) is 2.74. The molecule has 0 radical (unpaired) electrons. The number of aromatic nitrogens is 3. The Labute approximate surface area is 88.5 Å². The van der Waals surface area contributed by atoms with Crippen LogP contribution in [-0.4, -0.2) is 34.0 Å². The monoisotopic (exact) mass is 235 g/mol. The van der Waals surface area contributed by atoms with Crippen molar-refractivity contribution in [1.29, 1.82) is 0 Å². The van der Waals surface area contributed by atoms with E-state index in [2.05, 4.69) is 21.4 Å². The Balaban J connectivity index is 3.17. The van der Waals surface area contributed by atoms with Gasteiger partial charge in [-0.25, -0.2) is 14.5 Å². The minimum Gasteiger partial charge on any atom is -0.463 e. The van der Waals surface area contributed by atoms with Gasteiger partial charge in [0.1, 0.15) is 6.33 Å². The van der Waals surface area contributed by atoms with E-state index in [1.165, 1.54) is 0 Å². The van der Waals surface area contributed by atoms with E-state index in [1.807, 2.05) is 0 Å². The molecular formula is C8H8F3N3O2. The van der Waals surface area contributed by atoms with E-state index >= 15 is 0 Å². The van der Waals surface area contributed by atoms with Gasteiger partial charge in [-0.05, 0) is 0 Å². The van der Waals surface area contributed by atoms with Crippen molar-refractivity contribution in [3.05, 3.63) is 24.8 Å². The summed E-state index contributed by atoms with van der Waals surface area (Å²) in [5.41, 5.74) is 0. The molecule has 0 amide bonds. The molecule has 0 aromatic carbocycles. The van der Waals surface area contributed by atoms with Gasteiger partial charge in [-0.15, -0.1) is 6.58 Å². The van der Waals surface area contributed by atoms with E-state index in [9.17, 15) is 18.0 Å². The molecule has 1 aromatic rings. The number of hydrogen-bond acceptors (Lipinski definition) is 4. The second-order valence-corrected chi connectivity index (χ2v) is 2.74. The molecule has 16 heavy (non-hydrogen) atoms. The lowest BCUT2D eigenvalue weighted by atomic mass is 10.3. The molecule has 0 aliphatic carbocycles. The van der Waals surface area contributed by atoms with Crippen molar-refractivity contribution in [2.24, 2.45) is 0 Å². The topological polar surface area (TPSA) is 57.0 Å². The summed E-state index contributed by atoms with van der Waals surface area (Å²) in [6, 6.07) is -2.11. The van der Waals surface area contributed by atoms with Gasteiger partial charge in [-0.2, -0.15) is 18.3 Å². The van der Waals surface area contributed by atoms with Crippen molar-refractivity contribution < 1.29 is 22.7 Å². The van der Waals surface area contributed by atoms with Crippen molar-refractivity contribution >= 4 is 5.97 Å². The first kappa shape index (κ1) is 12.2. The zero-order valence-electron chi connectivity index (χ0n) is 8.23. The van der Waals surface area contributed by atoms with Crippen LogP contribution in [0.5, 0.6) is 0 Å². The average Bonchev–Trinajstić information content (AvgIpc) is 2.64. The highest BCUT2D eigenvalue weighted by Crippen LogP contribution is 2.31. The Morgan fingerprint density at radius 2 is 2.31 bits per heavy atom. The normalized spacial score (nSPS) is 13.2. The van der Waals surface area contributed by atoms with Crippen LogP contribution in [0.15, 0.2) is 19.0 Å². The molecule has 0 N–H and O–H groups in total. The molecule has 8 heteroatoms. The van der Waals surface area contributed by atoms with E-state index in [4.69, 9.17) is 0 Å². The minimum atomic E-state index is -4.60. The van der Waals surface area contributed by atoms with E-state index < -0.39 is 24.0 Å². The molecule has 5 nitrogen and oxygen atoms in total. The first-order chi connectivity index (χ1) is 7.41. The lowest BCUT2D eigenvalue weighted by Gasteiger charge is -2.17. The minimum absolute atomic E-state index is 0.416. The van der Waals surface area contributed by atoms with Crippen molar-refractivity contribution in [3.63, 3.8) is 0 Å². The summed E-state index contributed by atoms with van der Waals surface area (Å²) < 4.78 is 42.3. The van der Waals surface area contributed by atoms with Crippen LogP contribution in [0, 0.1) is 0 Å². The van der Waals surface area contributed by atoms with Gasteiger partial charge in [0.15, 0.2) is 6.04 Å². The van der Waals surface area contributed by atoms with Crippen molar-refractivity contribution in [3.8, 4) is 0 Å². The number of allylic oxidation sites excluding steroid dienone is 1. The van der Waals surface area contributed by atoms with Crippen LogP contribution in [0.25, 0.3) is 0 Å². The zero-order valence-corrected chi connectivity index (χ0v) is 8.23. The van der Waals surface area contributed by atoms with Crippen LogP contribution in [0.1, 0.15) is 16.7 Å². The maximum absolute atomic E-state index is 12.5. The van der Waals surface area contributed by atoms with Gasteiger partial charge in [0.25, 0.3) is 0 Å². The summed E-state index contributed by atoms with van der Waals surface area (Å²) in [6.07, 6.45) is -3.13. The molecule has 0 saturated heterocycles. The van der Waals surface area contributed by atoms with E-state index in [1.54, 1.807) is 0 Å². The van der Waals surface area contributed by atoms with Gasteiger partial charge < -0.3 is 4.74 Å². The van der Waals surface area contributed by atoms with Gasteiger partial charge in [0.05, 0.1) is 7.11 Å². The number of halogens is 3. The predicted octanol–water partition coefficient (Wildman–Crippen LogP) is 1.35. The summed E-state index contributed by atoms with van der Waals surface area (Å²) in [4.78, 5) is 14.5. The molecule has 0 aliphatic rings.